The Morgan fingerprint density at radius 1 is 1.22 bits per heavy atom. The number of hydrogen-bond acceptors (Lipinski definition) is 5. The number of nitrogens with zero attached hydrogens (tertiary/aromatic N) is 3. The smallest absolute Gasteiger partial charge is 0.274 e. The largest absolute Gasteiger partial charge is 0.376 e. The van der Waals surface area contributed by atoms with Crippen LogP contribution in [0, 0.1) is 0 Å². The van der Waals surface area contributed by atoms with E-state index in [9.17, 15) is 9.59 Å². The minimum absolute atomic E-state index is 0.0120. The Bertz CT molecular complexity index is 733. The zero-order valence-electron chi connectivity index (χ0n) is 15.2. The molecule has 3 rings (SSSR count). The second kappa shape index (κ2) is 9.78. The monoisotopic (exact) mass is 368 g/mol. The molecule has 1 N–H and O–H groups in total. The fraction of sp³-hybridized carbons (Fsp3) is 0.400. The third kappa shape index (κ3) is 5.86. The van der Waals surface area contributed by atoms with Gasteiger partial charge in [0.05, 0.1) is 12.3 Å². The highest BCUT2D eigenvalue weighted by atomic mass is 16.5. The normalized spacial score (nSPS) is 16.1. The van der Waals surface area contributed by atoms with E-state index >= 15 is 0 Å². The van der Waals surface area contributed by atoms with E-state index in [1.165, 1.54) is 18.6 Å². The van der Waals surface area contributed by atoms with E-state index in [1.54, 1.807) is 4.90 Å². The van der Waals surface area contributed by atoms with Gasteiger partial charge in [-0.05, 0) is 18.4 Å². The first-order valence-electron chi connectivity index (χ1n) is 9.20. The van der Waals surface area contributed by atoms with Gasteiger partial charge in [0, 0.05) is 45.1 Å². The maximum Gasteiger partial charge on any atom is 0.274 e. The molecule has 2 aromatic rings. The van der Waals surface area contributed by atoms with Crippen LogP contribution in [0.1, 0.15) is 35.3 Å². The van der Waals surface area contributed by atoms with Crippen LogP contribution >= 0.6 is 0 Å². The fourth-order valence-corrected chi connectivity index (χ4v) is 3.00. The van der Waals surface area contributed by atoms with Gasteiger partial charge >= 0.3 is 0 Å². The molecule has 0 saturated carbocycles. The first kappa shape index (κ1) is 19.0. The van der Waals surface area contributed by atoms with Crippen LogP contribution in [0.2, 0.25) is 0 Å². The van der Waals surface area contributed by atoms with Crippen molar-refractivity contribution in [2.24, 2.45) is 0 Å². The number of ether oxygens (including phenoxy) is 1. The molecule has 7 nitrogen and oxygen atoms in total. The first-order chi connectivity index (χ1) is 13.2. The van der Waals surface area contributed by atoms with E-state index in [0.29, 0.717) is 19.6 Å². The van der Waals surface area contributed by atoms with Gasteiger partial charge in [0.1, 0.15) is 5.69 Å². The molecule has 0 radical (unpaired) electrons. The lowest BCUT2D eigenvalue weighted by Crippen LogP contribution is -2.40. The minimum atomic E-state index is -0.227. The number of nitrogens with one attached hydrogen (secondary N) is 1. The van der Waals surface area contributed by atoms with Crippen molar-refractivity contribution < 1.29 is 14.3 Å². The summed E-state index contributed by atoms with van der Waals surface area (Å²) in [7, 11) is 0. The van der Waals surface area contributed by atoms with E-state index in [-0.39, 0.29) is 30.0 Å². The number of benzene rings is 1. The maximum atomic E-state index is 12.8. The van der Waals surface area contributed by atoms with Crippen LogP contribution in [0.3, 0.4) is 0 Å². The van der Waals surface area contributed by atoms with Crippen molar-refractivity contribution in [1.29, 1.82) is 0 Å². The predicted octanol–water partition coefficient (Wildman–Crippen LogP) is 1.80. The van der Waals surface area contributed by atoms with Gasteiger partial charge < -0.3 is 15.0 Å². The highest BCUT2D eigenvalue weighted by molar-refractivity contribution is 5.92. The molecule has 142 valence electrons. The zero-order valence-corrected chi connectivity index (χ0v) is 15.2. The third-order valence-electron chi connectivity index (χ3n) is 4.46. The molecule has 1 aliphatic rings. The Morgan fingerprint density at radius 3 is 2.78 bits per heavy atom. The summed E-state index contributed by atoms with van der Waals surface area (Å²) in [5.74, 6) is -0.322. The van der Waals surface area contributed by atoms with Crippen LogP contribution in [-0.4, -0.2) is 52.5 Å². The lowest BCUT2D eigenvalue weighted by molar-refractivity contribution is -0.121. The molecule has 27 heavy (non-hydrogen) atoms. The topological polar surface area (TPSA) is 84.4 Å². The molecular formula is C20H24N4O3. The van der Waals surface area contributed by atoms with E-state index < -0.39 is 0 Å². The Balaban J connectivity index is 1.55. The molecule has 2 heterocycles. The van der Waals surface area contributed by atoms with Crippen molar-refractivity contribution in [2.45, 2.75) is 31.9 Å². The van der Waals surface area contributed by atoms with Crippen LogP contribution in [0.15, 0.2) is 48.9 Å². The first-order valence-corrected chi connectivity index (χ1v) is 9.20. The summed E-state index contributed by atoms with van der Waals surface area (Å²) in [6.07, 6.45) is 6.62. The van der Waals surface area contributed by atoms with E-state index in [4.69, 9.17) is 4.74 Å². The molecule has 1 aliphatic heterocycles. The lowest BCUT2D eigenvalue weighted by Gasteiger charge is -2.25. The van der Waals surface area contributed by atoms with Gasteiger partial charge in [0.25, 0.3) is 5.91 Å². The molecule has 1 fully saturated rings. The molecule has 0 aliphatic carbocycles. The van der Waals surface area contributed by atoms with Crippen molar-refractivity contribution in [3.63, 3.8) is 0 Å². The Morgan fingerprint density at radius 2 is 2.07 bits per heavy atom. The zero-order chi connectivity index (χ0) is 18.9. The Kier molecular flexibility index (Phi) is 6.87. The summed E-state index contributed by atoms with van der Waals surface area (Å²) in [6, 6.07) is 9.73. The molecule has 1 aromatic heterocycles. The minimum Gasteiger partial charge on any atom is -0.376 e. The Labute approximate surface area is 158 Å². The number of carbonyl (C=O) groups is 2. The predicted molar refractivity (Wildman–Crippen MR) is 99.8 cm³/mol. The summed E-state index contributed by atoms with van der Waals surface area (Å²) >= 11 is 0. The number of rotatable bonds is 8. The Hall–Kier alpha value is -2.80. The standard InChI is InChI=1S/C20H24N4O3/c25-19(23-13-16-5-2-1-3-6-16)8-11-24(15-17-7-4-12-27-17)20(26)18-14-21-9-10-22-18/h1-3,5-6,9-10,14,17H,4,7-8,11-13,15H2,(H,23,25). The average molecular weight is 368 g/mol. The quantitative estimate of drug-likeness (QED) is 0.768. The molecule has 1 saturated heterocycles. The van der Waals surface area contributed by atoms with Crippen molar-refractivity contribution in [1.82, 2.24) is 20.2 Å². The van der Waals surface area contributed by atoms with Gasteiger partial charge in [-0.2, -0.15) is 0 Å². The number of hydrogen-bond donors (Lipinski definition) is 1. The second-order valence-corrected chi connectivity index (χ2v) is 6.49. The molecule has 1 unspecified atom stereocenters. The van der Waals surface area contributed by atoms with Crippen LogP contribution in [0.5, 0.6) is 0 Å². The second-order valence-electron chi connectivity index (χ2n) is 6.49. The van der Waals surface area contributed by atoms with E-state index in [0.717, 1.165) is 25.0 Å². The molecule has 0 bridgehead atoms. The molecule has 7 heteroatoms. The van der Waals surface area contributed by atoms with Crippen LogP contribution in [0.4, 0.5) is 0 Å². The highest BCUT2D eigenvalue weighted by Crippen LogP contribution is 2.15. The summed E-state index contributed by atoms with van der Waals surface area (Å²) in [4.78, 5) is 34.7. The van der Waals surface area contributed by atoms with Gasteiger partial charge in [0.15, 0.2) is 0 Å². The van der Waals surface area contributed by atoms with E-state index in [1.807, 2.05) is 30.3 Å². The molecule has 2 amide bonds. The van der Waals surface area contributed by atoms with Crippen LogP contribution in [-0.2, 0) is 16.1 Å². The molecule has 1 atom stereocenters. The molecular weight excluding hydrogens is 344 g/mol. The SMILES string of the molecule is O=C(CCN(CC1CCCO1)C(=O)c1cnccn1)NCc1ccccc1. The van der Waals surface area contributed by atoms with Crippen molar-refractivity contribution in [3.05, 3.63) is 60.2 Å². The van der Waals surface area contributed by atoms with Gasteiger partial charge in [0.2, 0.25) is 5.91 Å². The van der Waals surface area contributed by atoms with Gasteiger partial charge in [-0.25, -0.2) is 4.98 Å². The number of amides is 2. The molecule has 0 spiro atoms. The maximum absolute atomic E-state index is 12.8. The summed E-state index contributed by atoms with van der Waals surface area (Å²) < 4.78 is 5.65. The van der Waals surface area contributed by atoms with E-state index in [2.05, 4.69) is 15.3 Å². The average Bonchev–Trinajstić information content (AvgIpc) is 3.23. The lowest BCUT2D eigenvalue weighted by atomic mass is 10.2. The van der Waals surface area contributed by atoms with Crippen LogP contribution < -0.4 is 5.32 Å². The summed E-state index contributed by atoms with van der Waals surface area (Å²) in [6.45, 7) is 1.97. The number of carbonyl (C=O) groups excluding carboxylic acids is 2. The van der Waals surface area contributed by atoms with Crippen molar-refractivity contribution in [3.8, 4) is 0 Å². The van der Waals surface area contributed by atoms with Gasteiger partial charge in [-0.15, -0.1) is 0 Å². The summed E-state index contributed by atoms with van der Waals surface area (Å²) in [5, 5.41) is 2.89. The van der Waals surface area contributed by atoms with Crippen LogP contribution in [0.25, 0.3) is 0 Å². The highest BCUT2D eigenvalue weighted by Gasteiger charge is 2.24. The van der Waals surface area contributed by atoms with Crippen molar-refractivity contribution in [2.75, 3.05) is 19.7 Å². The fourth-order valence-electron chi connectivity index (χ4n) is 3.00. The van der Waals surface area contributed by atoms with Gasteiger partial charge in [-0.1, -0.05) is 30.3 Å². The van der Waals surface area contributed by atoms with Gasteiger partial charge in [-0.3, -0.25) is 14.6 Å². The third-order valence-corrected chi connectivity index (χ3v) is 4.46. The van der Waals surface area contributed by atoms with Crippen molar-refractivity contribution >= 4 is 11.8 Å². The number of aromatic nitrogens is 2. The molecule has 1 aromatic carbocycles. The summed E-state index contributed by atoms with van der Waals surface area (Å²) in [5.41, 5.74) is 1.32.